The molecule has 0 saturated carbocycles. The maximum absolute atomic E-state index is 13.5. The molecule has 1 aliphatic heterocycles. The lowest BCUT2D eigenvalue weighted by atomic mass is 10.1. The molecule has 1 atom stereocenters. The summed E-state index contributed by atoms with van der Waals surface area (Å²) in [4.78, 5) is 28.1. The summed E-state index contributed by atoms with van der Waals surface area (Å²) in [6.45, 7) is 4.72. The number of halogens is 2. The predicted molar refractivity (Wildman–Crippen MR) is 153 cm³/mol. The van der Waals surface area contributed by atoms with E-state index in [1.807, 2.05) is 13.8 Å². The number of carbonyl (C=O) groups excluding carboxylic acids is 2. The summed E-state index contributed by atoms with van der Waals surface area (Å²) in [7, 11) is -3.64. The molecule has 2 amide bonds. The number of hydrogen-bond acceptors (Lipinski definition) is 6. The maximum atomic E-state index is 13.5. The molecule has 0 aromatic heterocycles. The molecule has 1 aliphatic rings. The monoisotopic (exact) mass is 599 g/mol. The summed E-state index contributed by atoms with van der Waals surface area (Å²) in [6, 6.07) is 9.31. The molecular weight excluding hydrogens is 565 g/mol. The second kappa shape index (κ2) is 14.1. The minimum absolute atomic E-state index is 0.0383. The molecule has 0 bridgehead atoms. The molecule has 39 heavy (non-hydrogen) atoms. The smallest absolute Gasteiger partial charge is 0.242 e. The van der Waals surface area contributed by atoms with Crippen LogP contribution in [0.2, 0.25) is 10.0 Å². The highest BCUT2D eigenvalue weighted by Crippen LogP contribution is 2.36. The normalized spacial score (nSPS) is 13.2. The molecule has 0 fully saturated rings. The van der Waals surface area contributed by atoms with Gasteiger partial charge in [0.25, 0.3) is 0 Å². The van der Waals surface area contributed by atoms with E-state index in [0.29, 0.717) is 40.2 Å². The number of nitrogens with one attached hydrogen (secondary N) is 1. The molecule has 9 nitrogen and oxygen atoms in total. The molecule has 214 valence electrons. The van der Waals surface area contributed by atoms with E-state index in [0.717, 1.165) is 24.7 Å². The van der Waals surface area contributed by atoms with Crippen LogP contribution >= 0.6 is 23.2 Å². The zero-order valence-electron chi connectivity index (χ0n) is 22.4. The molecule has 0 spiro atoms. The number of sulfonamides is 1. The van der Waals surface area contributed by atoms with Crippen LogP contribution in [0.1, 0.15) is 51.5 Å². The van der Waals surface area contributed by atoms with Crippen molar-refractivity contribution in [3.63, 3.8) is 0 Å². The van der Waals surface area contributed by atoms with E-state index in [9.17, 15) is 18.0 Å². The lowest BCUT2D eigenvalue weighted by Crippen LogP contribution is -2.49. The van der Waals surface area contributed by atoms with Gasteiger partial charge >= 0.3 is 0 Å². The number of nitrogens with zero attached hydrogens (tertiary/aromatic N) is 2. The number of amides is 2. The van der Waals surface area contributed by atoms with Crippen LogP contribution in [0.25, 0.3) is 0 Å². The molecule has 3 rings (SSSR count). The van der Waals surface area contributed by atoms with Crippen molar-refractivity contribution in [1.82, 2.24) is 10.2 Å². The van der Waals surface area contributed by atoms with Gasteiger partial charge in [0.1, 0.15) is 6.04 Å². The molecular formula is C27H35Cl2N3O6S. The fourth-order valence-corrected chi connectivity index (χ4v) is 5.58. The second-order valence-corrected chi connectivity index (χ2v) is 12.0. The number of benzene rings is 2. The van der Waals surface area contributed by atoms with E-state index in [1.54, 1.807) is 36.4 Å². The zero-order chi connectivity index (χ0) is 28.6. The van der Waals surface area contributed by atoms with Crippen molar-refractivity contribution in [3.8, 4) is 11.5 Å². The molecule has 0 radical (unpaired) electrons. The van der Waals surface area contributed by atoms with Crippen molar-refractivity contribution in [1.29, 1.82) is 0 Å². The Bertz CT molecular complexity index is 1270. The van der Waals surface area contributed by atoms with Crippen LogP contribution in [0.15, 0.2) is 36.4 Å². The molecule has 0 unspecified atom stereocenters. The van der Waals surface area contributed by atoms with Gasteiger partial charge in [-0.2, -0.15) is 0 Å². The Labute approximate surface area is 240 Å². The van der Waals surface area contributed by atoms with Gasteiger partial charge in [-0.1, -0.05) is 49.5 Å². The van der Waals surface area contributed by atoms with Gasteiger partial charge in [-0.05, 0) is 49.1 Å². The first kappa shape index (κ1) is 30.8. The first-order chi connectivity index (χ1) is 18.5. The van der Waals surface area contributed by atoms with Gasteiger partial charge in [-0.15, -0.1) is 0 Å². The van der Waals surface area contributed by atoms with Crippen LogP contribution < -0.4 is 19.1 Å². The van der Waals surface area contributed by atoms with Gasteiger partial charge < -0.3 is 19.7 Å². The van der Waals surface area contributed by atoms with Crippen molar-refractivity contribution in [2.75, 3.05) is 30.4 Å². The molecule has 2 aromatic carbocycles. The fourth-order valence-electron chi connectivity index (χ4n) is 4.30. The summed E-state index contributed by atoms with van der Waals surface area (Å²) >= 11 is 12.3. The lowest BCUT2D eigenvalue weighted by molar-refractivity contribution is -0.141. The van der Waals surface area contributed by atoms with Crippen molar-refractivity contribution < 1.29 is 27.5 Å². The van der Waals surface area contributed by atoms with Gasteiger partial charge in [0.05, 0.1) is 22.0 Å². The van der Waals surface area contributed by atoms with Crippen molar-refractivity contribution >= 4 is 50.7 Å². The van der Waals surface area contributed by atoms with Crippen LogP contribution in [0, 0.1) is 0 Å². The van der Waals surface area contributed by atoms with E-state index in [-0.39, 0.29) is 44.5 Å². The number of hydrogen-bond donors (Lipinski definition) is 1. The number of carbonyl (C=O) groups is 2. The zero-order valence-corrected chi connectivity index (χ0v) is 24.7. The minimum Gasteiger partial charge on any atom is -0.454 e. The topological polar surface area (TPSA) is 105 Å². The van der Waals surface area contributed by atoms with Crippen LogP contribution in [-0.2, 0) is 26.2 Å². The molecule has 12 heteroatoms. The third-order valence-electron chi connectivity index (χ3n) is 6.35. The number of ether oxygens (including phenoxy) is 2. The second-order valence-electron chi connectivity index (χ2n) is 9.31. The summed E-state index contributed by atoms with van der Waals surface area (Å²) in [6.07, 6.45) is 3.58. The minimum atomic E-state index is -3.64. The van der Waals surface area contributed by atoms with Crippen molar-refractivity contribution in [3.05, 3.63) is 52.0 Å². The van der Waals surface area contributed by atoms with Gasteiger partial charge in [0.2, 0.25) is 28.6 Å². The largest absolute Gasteiger partial charge is 0.454 e. The van der Waals surface area contributed by atoms with Gasteiger partial charge in [-0.3, -0.25) is 13.9 Å². The summed E-state index contributed by atoms with van der Waals surface area (Å²) in [5, 5.41) is 3.67. The molecule has 0 aliphatic carbocycles. The van der Waals surface area contributed by atoms with Crippen molar-refractivity contribution in [2.24, 2.45) is 0 Å². The van der Waals surface area contributed by atoms with Gasteiger partial charge in [0.15, 0.2) is 11.5 Å². The lowest BCUT2D eigenvalue weighted by Gasteiger charge is -2.31. The number of fused-ring (bicyclic) bond motifs is 1. The summed E-state index contributed by atoms with van der Waals surface area (Å²) in [5.74, 6) is 0.517. The number of anilines is 1. The highest BCUT2D eigenvalue weighted by molar-refractivity contribution is 7.92. The molecule has 2 aromatic rings. The highest BCUT2D eigenvalue weighted by atomic mass is 35.5. The number of unbranched alkanes of at least 4 members (excludes halogenated alkanes) is 1. The first-order valence-electron chi connectivity index (χ1n) is 12.9. The Morgan fingerprint density at radius 3 is 2.44 bits per heavy atom. The highest BCUT2D eigenvalue weighted by Gasteiger charge is 2.29. The average Bonchev–Trinajstić information content (AvgIpc) is 3.36. The first-order valence-corrected chi connectivity index (χ1v) is 15.5. The van der Waals surface area contributed by atoms with Crippen LogP contribution in [-0.4, -0.2) is 57.3 Å². The summed E-state index contributed by atoms with van der Waals surface area (Å²) < 4.78 is 37.1. The Balaban J connectivity index is 1.76. The Hall–Kier alpha value is -2.69. The Morgan fingerprint density at radius 1 is 1.03 bits per heavy atom. The third-order valence-corrected chi connectivity index (χ3v) is 8.28. The van der Waals surface area contributed by atoms with E-state index in [4.69, 9.17) is 32.7 Å². The Kier molecular flexibility index (Phi) is 11.1. The maximum Gasteiger partial charge on any atom is 0.242 e. The SMILES string of the molecule is CCCCNC(=O)[C@H](CC)N(Cc1ccc(Cl)c(Cl)c1)C(=O)CCCN(c1ccc2c(c1)OCO2)S(C)(=O)=O. The van der Waals surface area contributed by atoms with Crippen molar-refractivity contribution in [2.45, 2.75) is 58.5 Å². The predicted octanol–water partition coefficient (Wildman–Crippen LogP) is 4.99. The Morgan fingerprint density at radius 2 is 1.77 bits per heavy atom. The van der Waals surface area contributed by atoms with Gasteiger partial charge in [0, 0.05) is 32.1 Å². The van der Waals surface area contributed by atoms with E-state index in [1.165, 1.54) is 9.21 Å². The standard InChI is InChI=1S/C27H35Cl2N3O6S/c1-4-6-13-30-27(34)23(5-2)31(17-19-9-11-21(28)22(29)15-19)26(33)8-7-14-32(39(3,35)36)20-10-12-24-25(16-20)38-18-37-24/h9-12,15-16,23H,4-8,13-14,17-18H2,1-3H3,(H,30,34)/t23-/m0/s1. The molecule has 1 heterocycles. The van der Waals surface area contributed by atoms with E-state index < -0.39 is 16.1 Å². The van der Waals surface area contributed by atoms with Crippen LogP contribution in [0.5, 0.6) is 11.5 Å². The average molecular weight is 601 g/mol. The number of rotatable bonds is 14. The molecule has 0 saturated heterocycles. The van der Waals surface area contributed by atoms with E-state index >= 15 is 0 Å². The summed E-state index contributed by atoms with van der Waals surface area (Å²) in [5.41, 5.74) is 1.15. The van der Waals surface area contributed by atoms with Gasteiger partial charge in [-0.25, -0.2) is 8.42 Å². The fraction of sp³-hybridized carbons (Fsp3) is 0.481. The third kappa shape index (κ3) is 8.40. The van der Waals surface area contributed by atoms with E-state index in [2.05, 4.69) is 5.32 Å². The quantitative estimate of drug-likeness (QED) is 0.307. The van der Waals surface area contributed by atoms with Crippen LogP contribution in [0.3, 0.4) is 0 Å². The molecule has 1 N–H and O–H groups in total. The van der Waals surface area contributed by atoms with Crippen LogP contribution in [0.4, 0.5) is 5.69 Å².